The summed E-state index contributed by atoms with van der Waals surface area (Å²) in [7, 11) is 1.72. The van der Waals surface area contributed by atoms with Crippen molar-refractivity contribution in [2.24, 2.45) is 0 Å². The van der Waals surface area contributed by atoms with Crippen molar-refractivity contribution >= 4 is 23.1 Å². The lowest BCUT2D eigenvalue weighted by Gasteiger charge is -2.42. The van der Waals surface area contributed by atoms with E-state index in [1.807, 2.05) is 44.2 Å². The molecule has 0 atom stereocenters. The quantitative estimate of drug-likeness (QED) is 0.659. The fourth-order valence-electron chi connectivity index (χ4n) is 4.86. The molecule has 4 rings (SSSR count). The third kappa shape index (κ3) is 3.32. The van der Waals surface area contributed by atoms with Gasteiger partial charge in [-0.05, 0) is 86.4 Å². The summed E-state index contributed by atoms with van der Waals surface area (Å²) >= 11 is 6.05. The molecule has 30 heavy (non-hydrogen) atoms. The van der Waals surface area contributed by atoms with E-state index < -0.39 is 5.54 Å². The Bertz CT molecular complexity index is 1030. The highest BCUT2D eigenvalue weighted by molar-refractivity contribution is 6.30. The van der Waals surface area contributed by atoms with Crippen molar-refractivity contribution in [3.8, 4) is 11.1 Å². The van der Waals surface area contributed by atoms with Crippen molar-refractivity contribution in [3.05, 3.63) is 63.9 Å². The van der Waals surface area contributed by atoms with Crippen molar-refractivity contribution in [1.29, 1.82) is 0 Å². The summed E-state index contributed by atoms with van der Waals surface area (Å²) in [6, 6.07) is 11.7. The maximum atomic E-state index is 13.1. The number of aliphatic hydroxyl groups is 1. The summed E-state index contributed by atoms with van der Waals surface area (Å²) in [6.45, 7) is 6.07. The van der Waals surface area contributed by atoms with E-state index in [2.05, 4.69) is 18.3 Å². The summed E-state index contributed by atoms with van der Waals surface area (Å²) in [6.07, 6.45) is 2.88. The molecule has 2 N–H and O–H groups in total. The maximum Gasteiger partial charge on any atom is 0.256 e. The van der Waals surface area contributed by atoms with Crippen LogP contribution in [0.1, 0.15) is 49.3 Å². The molecule has 1 saturated carbocycles. The number of methoxy groups -OCH3 is 1. The number of benzene rings is 2. The van der Waals surface area contributed by atoms with Crippen LogP contribution in [0.3, 0.4) is 0 Å². The highest BCUT2D eigenvalue weighted by Gasteiger charge is 2.50. The minimum Gasteiger partial charge on any atom is -0.509 e. The van der Waals surface area contributed by atoms with Crippen molar-refractivity contribution in [3.63, 3.8) is 0 Å². The van der Waals surface area contributed by atoms with E-state index in [9.17, 15) is 9.90 Å². The molecule has 0 aromatic heterocycles. The minimum atomic E-state index is -0.695. The topological polar surface area (TPSA) is 58.6 Å². The van der Waals surface area contributed by atoms with Crippen LogP contribution in [0.25, 0.3) is 16.7 Å². The van der Waals surface area contributed by atoms with Gasteiger partial charge in [-0.3, -0.25) is 4.79 Å². The average Bonchev–Trinajstić information content (AvgIpc) is 2.96. The van der Waals surface area contributed by atoms with Gasteiger partial charge < -0.3 is 15.2 Å². The van der Waals surface area contributed by atoms with Gasteiger partial charge in [0.1, 0.15) is 5.76 Å². The van der Waals surface area contributed by atoms with Gasteiger partial charge in [-0.2, -0.15) is 0 Å². The van der Waals surface area contributed by atoms with Gasteiger partial charge in [-0.25, -0.2) is 0 Å². The van der Waals surface area contributed by atoms with Crippen molar-refractivity contribution < 1.29 is 14.6 Å². The normalized spacial score (nSPS) is 26.4. The molecule has 1 fully saturated rings. The smallest absolute Gasteiger partial charge is 0.256 e. The van der Waals surface area contributed by atoms with Gasteiger partial charge in [-0.15, -0.1) is 0 Å². The molecular formula is C25H28ClNO3. The van der Waals surface area contributed by atoms with Crippen molar-refractivity contribution in [1.82, 2.24) is 5.32 Å². The second-order valence-electron chi connectivity index (χ2n) is 8.85. The molecule has 5 heteroatoms. The molecule has 0 bridgehead atoms. The number of amides is 1. The number of aliphatic hydroxyl groups excluding tert-OH is 1. The molecule has 1 aliphatic carbocycles. The minimum absolute atomic E-state index is 0.171. The van der Waals surface area contributed by atoms with Gasteiger partial charge in [0.25, 0.3) is 5.91 Å². The Morgan fingerprint density at radius 2 is 1.67 bits per heavy atom. The van der Waals surface area contributed by atoms with Crippen LogP contribution >= 0.6 is 11.6 Å². The van der Waals surface area contributed by atoms with E-state index in [1.165, 1.54) is 0 Å². The standard InChI is InChI=1S/C25H28ClNO3/c1-15-5-10-19(17-6-8-18(26)9-7-17)16(2)20(15)21-22(28)25(27-23(21)29)13-11-24(3,30-4)12-14-25/h5-10,28H,11-14H2,1-4H3,(H,27,29). The predicted octanol–water partition coefficient (Wildman–Crippen LogP) is 5.74. The van der Waals surface area contributed by atoms with Gasteiger partial charge in [0.2, 0.25) is 0 Å². The lowest BCUT2D eigenvalue weighted by molar-refractivity contribution is -0.117. The summed E-state index contributed by atoms with van der Waals surface area (Å²) in [5.41, 5.74) is 4.31. The number of aryl methyl sites for hydroxylation is 1. The number of halogens is 1. The summed E-state index contributed by atoms with van der Waals surface area (Å²) in [5, 5.41) is 15.1. The molecule has 2 aromatic rings. The lowest BCUT2D eigenvalue weighted by Crippen LogP contribution is -2.51. The first-order chi connectivity index (χ1) is 14.2. The summed E-state index contributed by atoms with van der Waals surface area (Å²) in [5.74, 6) is -0.0296. The SMILES string of the molecule is COC1(C)CCC2(CC1)NC(=O)C(c1c(C)ccc(-c3ccc(Cl)cc3)c1C)=C2O. The molecule has 158 valence electrons. The van der Waals surface area contributed by atoms with Crippen LogP contribution in [-0.4, -0.2) is 29.3 Å². The van der Waals surface area contributed by atoms with Crippen LogP contribution in [0, 0.1) is 13.8 Å². The number of nitrogens with one attached hydrogen (secondary N) is 1. The molecule has 1 spiro atoms. The van der Waals surface area contributed by atoms with Crippen LogP contribution in [0.2, 0.25) is 5.02 Å². The molecule has 0 unspecified atom stereocenters. The van der Waals surface area contributed by atoms with Crippen LogP contribution in [-0.2, 0) is 9.53 Å². The van der Waals surface area contributed by atoms with Crippen LogP contribution in [0.15, 0.2) is 42.2 Å². The van der Waals surface area contributed by atoms with Crippen molar-refractivity contribution in [2.75, 3.05) is 7.11 Å². The zero-order chi connectivity index (χ0) is 21.7. The van der Waals surface area contributed by atoms with Crippen LogP contribution in [0.5, 0.6) is 0 Å². The highest BCUT2D eigenvalue weighted by Crippen LogP contribution is 2.46. The van der Waals surface area contributed by atoms with Crippen LogP contribution in [0.4, 0.5) is 0 Å². The Balaban J connectivity index is 1.80. The fraction of sp³-hybridized carbons (Fsp3) is 0.400. The van der Waals surface area contributed by atoms with Crippen LogP contribution < -0.4 is 5.32 Å². The number of rotatable bonds is 3. The Morgan fingerprint density at radius 1 is 1.03 bits per heavy atom. The zero-order valence-electron chi connectivity index (χ0n) is 17.9. The van der Waals surface area contributed by atoms with Crippen molar-refractivity contribution in [2.45, 2.75) is 57.6 Å². The van der Waals surface area contributed by atoms with E-state index in [1.54, 1.807) is 7.11 Å². The van der Waals surface area contributed by atoms with E-state index >= 15 is 0 Å². The second-order valence-corrected chi connectivity index (χ2v) is 9.29. The van der Waals surface area contributed by atoms with E-state index in [4.69, 9.17) is 16.3 Å². The first-order valence-corrected chi connectivity index (χ1v) is 10.8. The number of carbonyl (C=O) groups excluding carboxylic acids is 1. The van der Waals surface area contributed by atoms with E-state index in [0.29, 0.717) is 23.4 Å². The van der Waals surface area contributed by atoms with Gasteiger partial charge in [0, 0.05) is 12.1 Å². The maximum absolute atomic E-state index is 13.1. The third-order valence-electron chi connectivity index (χ3n) is 7.00. The Morgan fingerprint density at radius 3 is 2.27 bits per heavy atom. The molecule has 1 heterocycles. The van der Waals surface area contributed by atoms with Gasteiger partial charge in [0.15, 0.2) is 0 Å². The molecule has 1 amide bonds. The average molecular weight is 426 g/mol. The predicted molar refractivity (Wildman–Crippen MR) is 121 cm³/mol. The van der Waals surface area contributed by atoms with E-state index in [0.717, 1.165) is 40.7 Å². The number of hydrogen-bond donors (Lipinski definition) is 2. The van der Waals surface area contributed by atoms with Gasteiger partial charge in [0.05, 0.1) is 16.7 Å². The van der Waals surface area contributed by atoms with Gasteiger partial charge in [-0.1, -0.05) is 35.9 Å². The second kappa shape index (κ2) is 7.44. The fourth-order valence-corrected chi connectivity index (χ4v) is 4.99. The molecule has 0 radical (unpaired) electrons. The first kappa shape index (κ1) is 21.0. The molecule has 0 saturated heterocycles. The third-order valence-corrected chi connectivity index (χ3v) is 7.25. The molecule has 2 aromatic carbocycles. The molecular weight excluding hydrogens is 398 g/mol. The zero-order valence-corrected chi connectivity index (χ0v) is 18.7. The first-order valence-electron chi connectivity index (χ1n) is 10.4. The monoisotopic (exact) mass is 425 g/mol. The molecule has 2 aliphatic rings. The largest absolute Gasteiger partial charge is 0.509 e. The van der Waals surface area contributed by atoms with E-state index in [-0.39, 0.29) is 17.3 Å². The number of hydrogen-bond acceptors (Lipinski definition) is 3. The summed E-state index contributed by atoms with van der Waals surface area (Å²) < 4.78 is 5.65. The van der Waals surface area contributed by atoms with Gasteiger partial charge >= 0.3 is 0 Å². The number of carbonyl (C=O) groups is 1. The summed E-state index contributed by atoms with van der Waals surface area (Å²) in [4.78, 5) is 13.1. The Hall–Kier alpha value is -2.30. The Kier molecular flexibility index (Phi) is 5.19. The number of ether oxygens (including phenoxy) is 1. The Labute approximate surface area is 182 Å². The molecule has 1 aliphatic heterocycles. The molecule has 4 nitrogen and oxygen atoms in total. The lowest BCUT2D eigenvalue weighted by atomic mass is 9.73. The highest BCUT2D eigenvalue weighted by atomic mass is 35.5.